The van der Waals surface area contributed by atoms with Gasteiger partial charge in [0.25, 0.3) is 0 Å². The summed E-state index contributed by atoms with van der Waals surface area (Å²) >= 11 is 0. The van der Waals surface area contributed by atoms with Crippen LogP contribution in [-0.2, 0) is 0 Å². The molecule has 2 amide bonds. The third kappa shape index (κ3) is 2.66. The standard InChI is InChI=1S/C12H17N3O/c13-10-5-4-6-11(9-10)14-12(16)15-7-2-1-3-8-15/h4-6,9H,1-3,7-8,13H2,(H,14,16). The average molecular weight is 219 g/mol. The molecule has 0 aliphatic carbocycles. The topological polar surface area (TPSA) is 58.4 Å². The number of likely N-dealkylation sites (tertiary alicyclic amines) is 1. The van der Waals surface area contributed by atoms with Gasteiger partial charge in [-0.2, -0.15) is 0 Å². The van der Waals surface area contributed by atoms with Crippen molar-refractivity contribution in [2.24, 2.45) is 0 Å². The molecular formula is C12H17N3O. The quantitative estimate of drug-likeness (QED) is 0.712. The molecule has 1 aliphatic rings. The Balaban J connectivity index is 1.96. The predicted octanol–water partition coefficient (Wildman–Crippen LogP) is 2.29. The van der Waals surface area contributed by atoms with Gasteiger partial charge in [-0.15, -0.1) is 0 Å². The maximum Gasteiger partial charge on any atom is 0.321 e. The second-order valence-corrected chi connectivity index (χ2v) is 4.10. The molecule has 0 saturated carbocycles. The fourth-order valence-corrected chi connectivity index (χ4v) is 1.92. The van der Waals surface area contributed by atoms with Gasteiger partial charge in [0.1, 0.15) is 0 Å². The minimum atomic E-state index is -0.0229. The number of piperidine rings is 1. The number of rotatable bonds is 1. The van der Waals surface area contributed by atoms with Crippen LogP contribution in [0.25, 0.3) is 0 Å². The molecule has 1 fully saturated rings. The normalized spacial score (nSPS) is 15.9. The number of nitrogen functional groups attached to an aromatic ring is 1. The molecule has 1 aliphatic heterocycles. The van der Waals surface area contributed by atoms with Gasteiger partial charge in [0, 0.05) is 24.5 Å². The molecule has 1 heterocycles. The lowest BCUT2D eigenvalue weighted by Gasteiger charge is -2.26. The number of nitrogens with one attached hydrogen (secondary N) is 1. The van der Waals surface area contributed by atoms with E-state index in [1.165, 1.54) is 6.42 Å². The van der Waals surface area contributed by atoms with Gasteiger partial charge in [-0.3, -0.25) is 0 Å². The van der Waals surface area contributed by atoms with Gasteiger partial charge in [-0.05, 0) is 37.5 Å². The maximum atomic E-state index is 11.9. The van der Waals surface area contributed by atoms with Crippen LogP contribution in [0.3, 0.4) is 0 Å². The Labute approximate surface area is 95.4 Å². The van der Waals surface area contributed by atoms with Crippen molar-refractivity contribution in [1.29, 1.82) is 0 Å². The van der Waals surface area contributed by atoms with Crippen molar-refractivity contribution < 1.29 is 4.79 Å². The summed E-state index contributed by atoms with van der Waals surface area (Å²) in [6.45, 7) is 1.71. The zero-order valence-corrected chi connectivity index (χ0v) is 9.28. The van der Waals surface area contributed by atoms with E-state index in [1.807, 2.05) is 17.0 Å². The van der Waals surface area contributed by atoms with Crippen molar-refractivity contribution in [3.63, 3.8) is 0 Å². The molecule has 0 bridgehead atoms. The summed E-state index contributed by atoms with van der Waals surface area (Å²) in [5.41, 5.74) is 7.07. The summed E-state index contributed by atoms with van der Waals surface area (Å²) in [6.07, 6.45) is 3.43. The SMILES string of the molecule is Nc1cccc(NC(=O)N2CCCCC2)c1. The molecule has 0 atom stereocenters. The van der Waals surface area contributed by atoms with Crippen LogP contribution in [0.1, 0.15) is 19.3 Å². The molecule has 0 unspecified atom stereocenters. The Hall–Kier alpha value is -1.71. The van der Waals surface area contributed by atoms with Crippen molar-refractivity contribution in [2.45, 2.75) is 19.3 Å². The molecule has 1 aromatic carbocycles. The van der Waals surface area contributed by atoms with Crippen molar-refractivity contribution in [3.8, 4) is 0 Å². The number of benzene rings is 1. The Morgan fingerprint density at radius 1 is 1.25 bits per heavy atom. The summed E-state index contributed by atoms with van der Waals surface area (Å²) in [4.78, 5) is 13.7. The van der Waals surface area contributed by atoms with Crippen LogP contribution in [0.15, 0.2) is 24.3 Å². The average Bonchev–Trinajstić information content (AvgIpc) is 2.30. The van der Waals surface area contributed by atoms with E-state index in [-0.39, 0.29) is 6.03 Å². The smallest absolute Gasteiger partial charge is 0.321 e. The highest BCUT2D eigenvalue weighted by Gasteiger charge is 2.15. The van der Waals surface area contributed by atoms with Crippen LogP contribution in [0, 0.1) is 0 Å². The van der Waals surface area contributed by atoms with Crippen molar-refractivity contribution in [2.75, 3.05) is 24.1 Å². The summed E-state index contributed by atoms with van der Waals surface area (Å²) < 4.78 is 0. The lowest BCUT2D eigenvalue weighted by atomic mass is 10.1. The lowest BCUT2D eigenvalue weighted by molar-refractivity contribution is 0.200. The third-order valence-corrected chi connectivity index (χ3v) is 2.78. The van der Waals surface area contributed by atoms with E-state index in [1.54, 1.807) is 12.1 Å². The minimum Gasteiger partial charge on any atom is -0.399 e. The number of urea groups is 1. The van der Waals surface area contributed by atoms with Crippen LogP contribution in [0.5, 0.6) is 0 Å². The molecule has 2 rings (SSSR count). The third-order valence-electron chi connectivity index (χ3n) is 2.78. The number of nitrogens with zero attached hydrogens (tertiary/aromatic N) is 1. The zero-order valence-electron chi connectivity index (χ0n) is 9.28. The van der Waals surface area contributed by atoms with E-state index in [0.29, 0.717) is 5.69 Å². The second kappa shape index (κ2) is 4.88. The molecule has 1 aromatic rings. The van der Waals surface area contributed by atoms with Crippen LogP contribution in [0.4, 0.5) is 16.2 Å². The second-order valence-electron chi connectivity index (χ2n) is 4.10. The summed E-state index contributed by atoms with van der Waals surface area (Å²) in [5.74, 6) is 0. The number of carbonyl (C=O) groups is 1. The Bertz CT molecular complexity index is 372. The van der Waals surface area contributed by atoms with Gasteiger partial charge in [-0.1, -0.05) is 6.07 Å². The molecule has 3 N–H and O–H groups in total. The van der Waals surface area contributed by atoms with E-state index in [4.69, 9.17) is 5.73 Å². The molecule has 1 saturated heterocycles. The zero-order chi connectivity index (χ0) is 11.4. The van der Waals surface area contributed by atoms with Gasteiger partial charge >= 0.3 is 6.03 Å². The van der Waals surface area contributed by atoms with Gasteiger partial charge in [-0.25, -0.2) is 4.79 Å². The van der Waals surface area contributed by atoms with Crippen molar-refractivity contribution >= 4 is 17.4 Å². The highest BCUT2D eigenvalue weighted by Crippen LogP contribution is 2.14. The van der Waals surface area contributed by atoms with Crippen LogP contribution in [0.2, 0.25) is 0 Å². The van der Waals surface area contributed by atoms with Crippen LogP contribution >= 0.6 is 0 Å². The van der Waals surface area contributed by atoms with Gasteiger partial charge in [0.15, 0.2) is 0 Å². The largest absolute Gasteiger partial charge is 0.399 e. The fourth-order valence-electron chi connectivity index (χ4n) is 1.92. The molecule has 0 aromatic heterocycles. The Morgan fingerprint density at radius 2 is 2.00 bits per heavy atom. The van der Waals surface area contributed by atoms with Crippen LogP contribution < -0.4 is 11.1 Å². The molecule has 0 spiro atoms. The van der Waals surface area contributed by atoms with E-state index in [2.05, 4.69) is 5.32 Å². The monoisotopic (exact) mass is 219 g/mol. The highest BCUT2D eigenvalue weighted by atomic mass is 16.2. The van der Waals surface area contributed by atoms with Gasteiger partial charge < -0.3 is 16.0 Å². The number of hydrogen-bond acceptors (Lipinski definition) is 2. The highest BCUT2D eigenvalue weighted by molar-refractivity contribution is 5.89. The number of amides is 2. The molecular weight excluding hydrogens is 202 g/mol. The van der Waals surface area contributed by atoms with E-state index in [9.17, 15) is 4.79 Å². The first-order chi connectivity index (χ1) is 7.75. The lowest BCUT2D eigenvalue weighted by Crippen LogP contribution is -2.38. The van der Waals surface area contributed by atoms with Crippen molar-refractivity contribution in [3.05, 3.63) is 24.3 Å². The predicted molar refractivity (Wildman–Crippen MR) is 65.3 cm³/mol. The van der Waals surface area contributed by atoms with Crippen molar-refractivity contribution in [1.82, 2.24) is 4.90 Å². The Morgan fingerprint density at radius 3 is 2.69 bits per heavy atom. The molecule has 0 radical (unpaired) electrons. The molecule has 4 nitrogen and oxygen atoms in total. The van der Waals surface area contributed by atoms with E-state index < -0.39 is 0 Å². The van der Waals surface area contributed by atoms with Gasteiger partial charge in [0.05, 0.1) is 0 Å². The number of anilines is 2. The first-order valence-corrected chi connectivity index (χ1v) is 5.67. The van der Waals surface area contributed by atoms with Crippen LogP contribution in [-0.4, -0.2) is 24.0 Å². The summed E-state index contributed by atoms with van der Waals surface area (Å²) in [7, 11) is 0. The maximum absolute atomic E-state index is 11.9. The van der Waals surface area contributed by atoms with E-state index >= 15 is 0 Å². The Kier molecular flexibility index (Phi) is 3.29. The molecule has 86 valence electrons. The number of hydrogen-bond donors (Lipinski definition) is 2. The molecule has 4 heteroatoms. The number of nitrogens with two attached hydrogens (primary N) is 1. The fraction of sp³-hybridized carbons (Fsp3) is 0.417. The first-order valence-electron chi connectivity index (χ1n) is 5.67. The first kappa shape index (κ1) is 10.8. The minimum absolute atomic E-state index is 0.0229. The summed E-state index contributed by atoms with van der Waals surface area (Å²) in [5, 5.41) is 2.86. The summed E-state index contributed by atoms with van der Waals surface area (Å²) in [6, 6.07) is 7.22. The van der Waals surface area contributed by atoms with Gasteiger partial charge in [0.2, 0.25) is 0 Å². The van der Waals surface area contributed by atoms with E-state index in [0.717, 1.165) is 31.6 Å². The number of carbonyl (C=O) groups excluding carboxylic acids is 1. The molecule has 16 heavy (non-hydrogen) atoms.